The fourth-order valence-electron chi connectivity index (χ4n) is 1.70. The number of aliphatic hydroxyl groups excluding tert-OH is 1. The van der Waals surface area contributed by atoms with Crippen molar-refractivity contribution in [3.63, 3.8) is 0 Å². The van der Waals surface area contributed by atoms with Crippen molar-refractivity contribution in [1.82, 2.24) is 15.0 Å². The maximum absolute atomic E-state index is 13.7. The Morgan fingerprint density at radius 3 is 2.89 bits per heavy atom. The quantitative estimate of drug-likeness (QED) is 0.939. The summed E-state index contributed by atoms with van der Waals surface area (Å²) in [6.07, 6.45) is -0.806. The summed E-state index contributed by atoms with van der Waals surface area (Å²) in [5, 5.41) is 17.7. The van der Waals surface area contributed by atoms with Crippen LogP contribution >= 0.6 is 27.5 Å². The number of halogens is 3. The van der Waals surface area contributed by atoms with Crippen molar-refractivity contribution in [1.29, 1.82) is 0 Å². The van der Waals surface area contributed by atoms with Crippen LogP contribution in [0.15, 0.2) is 22.8 Å². The van der Waals surface area contributed by atoms with E-state index >= 15 is 0 Å². The lowest BCUT2D eigenvalue weighted by Crippen LogP contribution is -2.09. The molecule has 0 aliphatic rings. The van der Waals surface area contributed by atoms with Crippen molar-refractivity contribution < 1.29 is 9.50 Å². The first-order valence-corrected chi connectivity index (χ1v) is 6.34. The number of nitrogens with zero attached hydrogens (tertiary/aromatic N) is 3. The van der Waals surface area contributed by atoms with Gasteiger partial charge < -0.3 is 5.11 Å². The van der Waals surface area contributed by atoms with Crippen molar-refractivity contribution in [3.05, 3.63) is 44.9 Å². The summed E-state index contributed by atoms with van der Waals surface area (Å²) >= 11 is 8.88. The Morgan fingerprint density at radius 2 is 2.28 bits per heavy atom. The lowest BCUT2D eigenvalue weighted by Gasteiger charge is -2.12. The Bertz CT molecular complexity index is 556. The number of aliphatic hydroxyl groups is 1. The zero-order valence-electron chi connectivity index (χ0n) is 9.44. The molecular weight excluding hydrogens is 324 g/mol. The lowest BCUT2D eigenvalue weighted by atomic mass is 10.1. The first-order valence-electron chi connectivity index (χ1n) is 5.16. The highest BCUT2D eigenvalue weighted by atomic mass is 79.9. The second kappa shape index (κ2) is 5.34. The topological polar surface area (TPSA) is 50.9 Å². The Balaban J connectivity index is 2.27. The van der Waals surface area contributed by atoms with Crippen LogP contribution in [0, 0.1) is 5.82 Å². The van der Waals surface area contributed by atoms with Gasteiger partial charge in [-0.1, -0.05) is 28.9 Å². The summed E-state index contributed by atoms with van der Waals surface area (Å²) < 4.78 is 15.6. The number of benzene rings is 1. The predicted octanol–water partition coefficient (Wildman–Crippen LogP) is 2.65. The molecule has 2 rings (SSSR count). The molecule has 4 nitrogen and oxygen atoms in total. The van der Waals surface area contributed by atoms with E-state index in [2.05, 4.69) is 26.2 Å². The Hall–Kier alpha value is -0.980. The molecule has 2 aromatic rings. The molecule has 0 saturated carbocycles. The molecule has 0 bridgehead atoms. The van der Waals surface area contributed by atoms with Gasteiger partial charge in [-0.2, -0.15) is 0 Å². The molecule has 0 saturated heterocycles. The minimum Gasteiger partial charge on any atom is -0.386 e. The number of rotatable bonds is 3. The molecule has 0 aliphatic heterocycles. The van der Waals surface area contributed by atoms with Crippen LogP contribution < -0.4 is 0 Å². The first kappa shape index (κ1) is 13.5. The van der Waals surface area contributed by atoms with Crippen LogP contribution in [-0.2, 0) is 13.5 Å². The summed E-state index contributed by atoms with van der Waals surface area (Å²) in [5.74, 6) is -0.510. The number of aromatic nitrogens is 3. The summed E-state index contributed by atoms with van der Waals surface area (Å²) in [6.45, 7) is 0. The molecule has 1 heterocycles. The van der Waals surface area contributed by atoms with Crippen molar-refractivity contribution in [2.45, 2.75) is 12.5 Å². The fourth-order valence-corrected chi connectivity index (χ4v) is 2.49. The molecule has 0 spiro atoms. The zero-order valence-corrected chi connectivity index (χ0v) is 11.8. The largest absolute Gasteiger partial charge is 0.386 e. The van der Waals surface area contributed by atoms with Crippen molar-refractivity contribution >= 4 is 27.5 Å². The molecule has 0 aliphatic carbocycles. The van der Waals surface area contributed by atoms with Gasteiger partial charge in [0.1, 0.15) is 17.6 Å². The van der Waals surface area contributed by atoms with Gasteiger partial charge in [0.2, 0.25) is 0 Å². The van der Waals surface area contributed by atoms with Crippen LogP contribution in [0.5, 0.6) is 0 Å². The summed E-state index contributed by atoms with van der Waals surface area (Å²) in [7, 11) is 1.66. The SMILES string of the molecule is Cn1nnc(Br)c1C(O)Cc1cccc(Cl)c1F. The van der Waals surface area contributed by atoms with Gasteiger partial charge in [-0.05, 0) is 27.6 Å². The van der Waals surface area contributed by atoms with E-state index in [1.807, 2.05) is 0 Å². The summed E-state index contributed by atoms with van der Waals surface area (Å²) in [6, 6.07) is 4.69. The minimum absolute atomic E-state index is 0.0434. The van der Waals surface area contributed by atoms with Crippen LogP contribution in [0.4, 0.5) is 4.39 Å². The van der Waals surface area contributed by atoms with Crippen molar-refractivity contribution in [2.75, 3.05) is 0 Å². The third-order valence-corrected chi connectivity index (χ3v) is 3.44. The fraction of sp³-hybridized carbons (Fsp3) is 0.273. The van der Waals surface area contributed by atoms with Crippen LogP contribution in [0.3, 0.4) is 0 Å². The Morgan fingerprint density at radius 1 is 1.56 bits per heavy atom. The van der Waals surface area contributed by atoms with E-state index < -0.39 is 11.9 Å². The van der Waals surface area contributed by atoms with E-state index in [1.165, 1.54) is 10.7 Å². The Kier molecular flexibility index (Phi) is 3.99. The molecule has 18 heavy (non-hydrogen) atoms. The smallest absolute Gasteiger partial charge is 0.154 e. The second-order valence-corrected chi connectivity index (χ2v) is 4.98. The van der Waals surface area contributed by atoms with Gasteiger partial charge in [0.05, 0.1) is 5.02 Å². The van der Waals surface area contributed by atoms with E-state index in [0.717, 1.165) is 0 Å². The van der Waals surface area contributed by atoms with E-state index in [9.17, 15) is 9.50 Å². The summed E-state index contributed by atoms with van der Waals surface area (Å²) in [5.41, 5.74) is 0.845. The van der Waals surface area contributed by atoms with Crippen LogP contribution in [0.25, 0.3) is 0 Å². The third kappa shape index (κ3) is 2.55. The zero-order chi connectivity index (χ0) is 13.3. The molecule has 1 aromatic carbocycles. The molecule has 0 radical (unpaired) electrons. The lowest BCUT2D eigenvalue weighted by molar-refractivity contribution is 0.166. The molecule has 96 valence electrons. The molecule has 1 unspecified atom stereocenters. The van der Waals surface area contributed by atoms with Gasteiger partial charge in [0.25, 0.3) is 0 Å². The number of hydrogen-bond acceptors (Lipinski definition) is 3. The standard InChI is InChI=1S/C11H10BrClFN3O/c1-17-10(11(12)15-16-17)8(18)5-6-3-2-4-7(13)9(6)14/h2-4,8,18H,5H2,1H3. The van der Waals surface area contributed by atoms with Gasteiger partial charge in [-0.25, -0.2) is 9.07 Å². The van der Waals surface area contributed by atoms with Crippen LogP contribution in [0.2, 0.25) is 5.02 Å². The van der Waals surface area contributed by atoms with Gasteiger partial charge >= 0.3 is 0 Å². The molecule has 7 heteroatoms. The van der Waals surface area contributed by atoms with Crippen molar-refractivity contribution in [2.24, 2.45) is 7.05 Å². The van der Waals surface area contributed by atoms with Gasteiger partial charge in [-0.15, -0.1) is 5.10 Å². The van der Waals surface area contributed by atoms with Gasteiger partial charge in [0, 0.05) is 13.5 Å². The van der Waals surface area contributed by atoms with E-state index in [-0.39, 0.29) is 11.4 Å². The molecular formula is C11H10BrClFN3O. The minimum atomic E-state index is -0.910. The van der Waals surface area contributed by atoms with E-state index in [0.29, 0.717) is 15.9 Å². The molecule has 1 N–H and O–H groups in total. The maximum Gasteiger partial charge on any atom is 0.154 e. The average molecular weight is 335 g/mol. The number of hydrogen-bond donors (Lipinski definition) is 1. The predicted molar refractivity (Wildman–Crippen MR) is 68.8 cm³/mol. The maximum atomic E-state index is 13.7. The molecule has 0 fully saturated rings. The molecule has 1 aromatic heterocycles. The average Bonchev–Trinajstić information content (AvgIpc) is 2.65. The van der Waals surface area contributed by atoms with Gasteiger partial charge in [0.15, 0.2) is 4.60 Å². The highest BCUT2D eigenvalue weighted by molar-refractivity contribution is 9.10. The van der Waals surface area contributed by atoms with E-state index in [1.54, 1.807) is 19.2 Å². The van der Waals surface area contributed by atoms with Crippen LogP contribution in [-0.4, -0.2) is 20.1 Å². The molecule has 0 amide bonds. The van der Waals surface area contributed by atoms with Crippen LogP contribution in [0.1, 0.15) is 17.4 Å². The second-order valence-electron chi connectivity index (χ2n) is 3.82. The highest BCUT2D eigenvalue weighted by Crippen LogP contribution is 2.26. The monoisotopic (exact) mass is 333 g/mol. The first-order chi connectivity index (χ1) is 8.50. The Labute approximate surface area is 117 Å². The normalized spacial score (nSPS) is 12.7. The highest BCUT2D eigenvalue weighted by Gasteiger charge is 2.20. The third-order valence-electron chi connectivity index (χ3n) is 2.59. The summed E-state index contributed by atoms with van der Waals surface area (Å²) in [4.78, 5) is 0. The number of aryl methyl sites for hydroxylation is 1. The molecule has 1 atom stereocenters. The van der Waals surface area contributed by atoms with Crippen molar-refractivity contribution in [3.8, 4) is 0 Å². The van der Waals surface area contributed by atoms with E-state index in [4.69, 9.17) is 11.6 Å². The van der Waals surface area contributed by atoms with Gasteiger partial charge in [-0.3, -0.25) is 0 Å².